The van der Waals surface area contributed by atoms with Crippen LogP contribution >= 0.6 is 11.3 Å². The Morgan fingerprint density at radius 1 is 1.39 bits per heavy atom. The summed E-state index contributed by atoms with van der Waals surface area (Å²) in [4.78, 5) is 38.9. The van der Waals surface area contributed by atoms with Gasteiger partial charge in [0.25, 0.3) is 0 Å². The lowest BCUT2D eigenvalue weighted by atomic mass is 10.2. The SMILES string of the molecule is CC(=O)NC[C@H]1CN(c2ccc(N(C)C(=O)Cc3cccs3)c(F)c2)C(=O)O1. The average Bonchev–Trinajstić information content (AvgIpc) is 3.28. The molecule has 28 heavy (non-hydrogen) atoms. The van der Waals surface area contributed by atoms with E-state index in [-0.39, 0.29) is 37.0 Å². The molecule has 1 aliphatic rings. The van der Waals surface area contributed by atoms with Gasteiger partial charge in [0.1, 0.15) is 11.9 Å². The molecule has 0 spiro atoms. The number of thiophene rings is 1. The number of hydrogen-bond acceptors (Lipinski definition) is 5. The number of halogens is 1. The Labute approximate surface area is 165 Å². The topological polar surface area (TPSA) is 79.0 Å². The molecule has 148 valence electrons. The third-order valence-electron chi connectivity index (χ3n) is 4.34. The van der Waals surface area contributed by atoms with E-state index in [2.05, 4.69) is 5.32 Å². The van der Waals surface area contributed by atoms with Crippen molar-refractivity contribution < 1.29 is 23.5 Å². The van der Waals surface area contributed by atoms with Gasteiger partial charge < -0.3 is 15.0 Å². The van der Waals surface area contributed by atoms with Crippen molar-refractivity contribution in [2.45, 2.75) is 19.4 Å². The lowest BCUT2D eigenvalue weighted by Crippen LogP contribution is -2.33. The molecule has 1 atom stereocenters. The third kappa shape index (κ3) is 4.48. The van der Waals surface area contributed by atoms with E-state index in [0.29, 0.717) is 5.69 Å². The maximum Gasteiger partial charge on any atom is 0.414 e. The van der Waals surface area contributed by atoms with Gasteiger partial charge in [-0.15, -0.1) is 11.3 Å². The highest BCUT2D eigenvalue weighted by molar-refractivity contribution is 7.10. The molecule has 1 aromatic carbocycles. The van der Waals surface area contributed by atoms with Gasteiger partial charge in [-0.2, -0.15) is 0 Å². The first-order valence-electron chi connectivity index (χ1n) is 8.66. The fraction of sp³-hybridized carbons (Fsp3) is 0.316. The molecule has 1 fully saturated rings. The minimum Gasteiger partial charge on any atom is -0.442 e. The lowest BCUT2D eigenvalue weighted by molar-refractivity contribution is -0.119. The van der Waals surface area contributed by atoms with Crippen LogP contribution in [0.4, 0.5) is 20.6 Å². The molecule has 1 N–H and O–H groups in total. The standard InChI is InChI=1S/C19H20FN3O4S/c1-12(24)21-10-14-11-23(19(26)27-14)13-5-6-17(16(20)8-13)22(2)18(25)9-15-4-3-7-28-15/h3-8,14H,9-11H2,1-2H3,(H,21,24)/t14-/m0/s1. The summed E-state index contributed by atoms with van der Waals surface area (Å²) in [6.07, 6.45) is -0.919. The van der Waals surface area contributed by atoms with Gasteiger partial charge in [0, 0.05) is 18.8 Å². The number of hydrogen-bond donors (Lipinski definition) is 1. The first kappa shape index (κ1) is 19.8. The maximum atomic E-state index is 14.6. The van der Waals surface area contributed by atoms with Crippen LogP contribution < -0.4 is 15.1 Å². The molecule has 3 rings (SSSR count). The predicted octanol–water partition coefficient (Wildman–Crippen LogP) is 2.55. The maximum absolute atomic E-state index is 14.6. The van der Waals surface area contributed by atoms with Crippen molar-refractivity contribution in [1.82, 2.24) is 5.32 Å². The average molecular weight is 405 g/mol. The van der Waals surface area contributed by atoms with Gasteiger partial charge in [-0.1, -0.05) is 6.07 Å². The summed E-state index contributed by atoms with van der Waals surface area (Å²) >= 11 is 1.47. The van der Waals surface area contributed by atoms with Gasteiger partial charge in [-0.25, -0.2) is 9.18 Å². The highest BCUT2D eigenvalue weighted by Crippen LogP contribution is 2.28. The zero-order chi connectivity index (χ0) is 20.3. The summed E-state index contributed by atoms with van der Waals surface area (Å²) < 4.78 is 19.8. The third-order valence-corrected chi connectivity index (χ3v) is 5.21. The molecule has 1 saturated heterocycles. The van der Waals surface area contributed by atoms with Gasteiger partial charge in [-0.3, -0.25) is 14.5 Å². The second kappa shape index (κ2) is 8.39. The van der Waals surface area contributed by atoms with Crippen LogP contribution in [0.1, 0.15) is 11.8 Å². The minimum absolute atomic E-state index is 0.132. The highest BCUT2D eigenvalue weighted by atomic mass is 32.1. The van der Waals surface area contributed by atoms with Crippen LogP contribution in [-0.4, -0.2) is 44.1 Å². The van der Waals surface area contributed by atoms with Crippen LogP contribution in [0, 0.1) is 5.82 Å². The van der Waals surface area contributed by atoms with Crippen molar-refractivity contribution in [2.24, 2.45) is 0 Å². The number of carbonyl (C=O) groups is 3. The number of nitrogens with one attached hydrogen (secondary N) is 1. The molecule has 3 amide bonds. The van der Waals surface area contributed by atoms with Crippen molar-refractivity contribution in [1.29, 1.82) is 0 Å². The number of cyclic esters (lactones) is 1. The van der Waals surface area contributed by atoms with Crippen LogP contribution in [0.3, 0.4) is 0 Å². The Bertz CT molecular complexity index is 887. The van der Waals surface area contributed by atoms with Crippen LogP contribution in [0.15, 0.2) is 35.7 Å². The Morgan fingerprint density at radius 3 is 2.82 bits per heavy atom. The molecule has 1 aromatic heterocycles. The van der Waals surface area contributed by atoms with E-state index < -0.39 is 18.0 Å². The second-order valence-electron chi connectivity index (χ2n) is 6.40. The molecule has 2 heterocycles. The predicted molar refractivity (Wildman–Crippen MR) is 104 cm³/mol. The second-order valence-corrected chi connectivity index (χ2v) is 7.43. The molecular weight excluding hydrogens is 385 g/mol. The van der Waals surface area contributed by atoms with E-state index >= 15 is 0 Å². The summed E-state index contributed by atoms with van der Waals surface area (Å²) in [5.41, 5.74) is 0.461. The lowest BCUT2D eigenvalue weighted by Gasteiger charge is -2.20. The van der Waals surface area contributed by atoms with Gasteiger partial charge in [-0.05, 0) is 29.6 Å². The minimum atomic E-state index is -0.613. The number of amides is 3. The molecule has 1 aliphatic heterocycles. The van der Waals surface area contributed by atoms with Crippen molar-refractivity contribution in [3.05, 3.63) is 46.4 Å². The number of ether oxygens (including phenoxy) is 1. The van der Waals surface area contributed by atoms with E-state index in [1.165, 1.54) is 47.2 Å². The van der Waals surface area contributed by atoms with Gasteiger partial charge in [0.2, 0.25) is 11.8 Å². The van der Waals surface area contributed by atoms with Crippen molar-refractivity contribution in [3.8, 4) is 0 Å². The van der Waals surface area contributed by atoms with Crippen LogP contribution in [-0.2, 0) is 20.7 Å². The van der Waals surface area contributed by atoms with E-state index in [0.717, 1.165) is 4.88 Å². The molecule has 0 bridgehead atoms. The highest BCUT2D eigenvalue weighted by Gasteiger charge is 2.33. The van der Waals surface area contributed by atoms with Crippen LogP contribution in [0.25, 0.3) is 0 Å². The van der Waals surface area contributed by atoms with E-state index in [1.54, 1.807) is 6.07 Å². The van der Waals surface area contributed by atoms with E-state index in [9.17, 15) is 18.8 Å². The zero-order valence-electron chi connectivity index (χ0n) is 15.5. The molecule has 0 unspecified atom stereocenters. The van der Waals surface area contributed by atoms with E-state index in [4.69, 9.17) is 4.74 Å². The normalized spacial score (nSPS) is 16.0. The van der Waals surface area contributed by atoms with Gasteiger partial charge in [0.05, 0.1) is 30.9 Å². The molecule has 0 aliphatic carbocycles. The molecule has 0 radical (unpaired) electrons. The number of carbonyl (C=O) groups excluding carboxylic acids is 3. The summed E-state index contributed by atoms with van der Waals surface area (Å²) in [6, 6.07) is 7.94. The monoisotopic (exact) mass is 405 g/mol. The molecule has 2 aromatic rings. The van der Waals surface area contributed by atoms with Crippen molar-refractivity contribution in [2.75, 3.05) is 29.9 Å². The quantitative estimate of drug-likeness (QED) is 0.801. The number of likely N-dealkylation sites (N-methyl/N-ethyl adjacent to an activating group) is 1. The first-order chi connectivity index (χ1) is 13.3. The first-order valence-corrected chi connectivity index (χ1v) is 9.54. The number of anilines is 2. The summed E-state index contributed by atoms with van der Waals surface area (Å²) in [5, 5.41) is 4.47. The van der Waals surface area contributed by atoms with Crippen molar-refractivity contribution in [3.63, 3.8) is 0 Å². The Balaban J connectivity index is 1.69. The number of nitrogens with zero attached hydrogens (tertiary/aromatic N) is 2. The largest absolute Gasteiger partial charge is 0.442 e. The van der Waals surface area contributed by atoms with E-state index in [1.807, 2.05) is 17.5 Å². The fourth-order valence-corrected chi connectivity index (χ4v) is 3.54. The number of rotatable bonds is 6. The number of benzene rings is 1. The van der Waals surface area contributed by atoms with Crippen molar-refractivity contribution >= 4 is 40.6 Å². The summed E-state index contributed by atoms with van der Waals surface area (Å²) in [5.74, 6) is -1.07. The van der Waals surface area contributed by atoms with Gasteiger partial charge >= 0.3 is 6.09 Å². The van der Waals surface area contributed by atoms with Crippen LogP contribution in [0.2, 0.25) is 0 Å². The smallest absolute Gasteiger partial charge is 0.414 e. The molecular formula is C19H20FN3O4S. The van der Waals surface area contributed by atoms with Crippen LogP contribution in [0.5, 0.6) is 0 Å². The Hall–Kier alpha value is -2.94. The summed E-state index contributed by atoms with van der Waals surface area (Å²) in [6.45, 7) is 1.77. The molecule has 0 saturated carbocycles. The summed E-state index contributed by atoms with van der Waals surface area (Å²) in [7, 11) is 1.52. The Morgan fingerprint density at radius 2 is 2.18 bits per heavy atom. The Kier molecular flexibility index (Phi) is 5.93. The fourth-order valence-electron chi connectivity index (χ4n) is 2.85. The van der Waals surface area contributed by atoms with Gasteiger partial charge in [0.15, 0.2) is 0 Å². The molecule has 7 nitrogen and oxygen atoms in total. The molecule has 9 heteroatoms. The zero-order valence-corrected chi connectivity index (χ0v) is 16.3.